The summed E-state index contributed by atoms with van der Waals surface area (Å²) in [5.74, 6) is -0.961. The molecule has 2 unspecified atom stereocenters. The van der Waals surface area contributed by atoms with Crippen LogP contribution in [0.4, 0.5) is 0 Å². The molecule has 1 aromatic rings. The van der Waals surface area contributed by atoms with Gasteiger partial charge in [-0.2, -0.15) is 0 Å². The summed E-state index contributed by atoms with van der Waals surface area (Å²) in [5, 5.41) is 12.4. The zero-order valence-corrected chi connectivity index (χ0v) is 10.8. The SMILES string of the molecule is CC1CC(NCc2ccoc2C(=O)O)CCN1C. The largest absolute Gasteiger partial charge is 0.475 e. The van der Waals surface area contributed by atoms with E-state index < -0.39 is 5.97 Å². The number of likely N-dealkylation sites (tertiary alicyclic amines) is 1. The van der Waals surface area contributed by atoms with Gasteiger partial charge in [-0.15, -0.1) is 0 Å². The Kier molecular flexibility index (Phi) is 4.04. The molecular formula is C13H20N2O3. The molecule has 0 radical (unpaired) electrons. The average Bonchev–Trinajstić information content (AvgIpc) is 2.79. The highest BCUT2D eigenvalue weighted by Gasteiger charge is 2.23. The fourth-order valence-electron chi connectivity index (χ4n) is 2.39. The number of aromatic carboxylic acids is 1. The van der Waals surface area contributed by atoms with Gasteiger partial charge in [-0.05, 0) is 39.4 Å². The van der Waals surface area contributed by atoms with Gasteiger partial charge in [0.15, 0.2) is 0 Å². The van der Waals surface area contributed by atoms with E-state index in [0.717, 1.165) is 19.4 Å². The van der Waals surface area contributed by atoms with Crippen LogP contribution < -0.4 is 5.32 Å². The predicted octanol–water partition coefficient (Wildman–Crippen LogP) is 1.55. The first-order valence-electron chi connectivity index (χ1n) is 6.31. The molecule has 0 aromatic carbocycles. The summed E-state index contributed by atoms with van der Waals surface area (Å²) in [6.07, 6.45) is 3.62. The number of carboxylic acid groups (broad SMARTS) is 1. The first-order chi connectivity index (χ1) is 8.58. The minimum absolute atomic E-state index is 0.0449. The molecule has 0 amide bonds. The van der Waals surface area contributed by atoms with Gasteiger partial charge in [0.2, 0.25) is 5.76 Å². The molecule has 1 aliphatic heterocycles. The third kappa shape index (κ3) is 2.91. The second kappa shape index (κ2) is 5.54. The Morgan fingerprint density at radius 3 is 3.11 bits per heavy atom. The van der Waals surface area contributed by atoms with Gasteiger partial charge in [0.25, 0.3) is 0 Å². The first-order valence-corrected chi connectivity index (χ1v) is 6.31. The molecule has 1 fully saturated rings. The Morgan fingerprint density at radius 1 is 1.67 bits per heavy atom. The predicted molar refractivity (Wildman–Crippen MR) is 67.6 cm³/mol. The summed E-state index contributed by atoms with van der Waals surface area (Å²) in [7, 11) is 2.14. The molecule has 1 aliphatic rings. The topological polar surface area (TPSA) is 65.7 Å². The van der Waals surface area contributed by atoms with Crippen molar-refractivity contribution >= 4 is 5.97 Å². The standard InChI is InChI=1S/C13H20N2O3/c1-9-7-11(3-5-15(9)2)14-8-10-4-6-18-12(10)13(16)17/h4,6,9,11,14H,3,5,7-8H2,1-2H3,(H,16,17). The maximum absolute atomic E-state index is 10.9. The Bertz CT molecular complexity index is 416. The summed E-state index contributed by atoms with van der Waals surface area (Å²) in [5.41, 5.74) is 0.717. The van der Waals surface area contributed by atoms with Crippen LogP contribution in [0.5, 0.6) is 0 Å². The van der Waals surface area contributed by atoms with Crippen LogP contribution in [0.2, 0.25) is 0 Å². The molecule has 2 atom stereocenters. The minimum Gasteiger partial charge on any atom is -0.475 e. The molecule has 0 saturated carbocycles. The molecule has 0 aliphatic carbocycles. The fraction of sp³-hybridized carbons (Fsp3) is 0.615. The van der Waals surface area contributed by atoms with E-state index in [0.29, 0.717) is 24.2 Å². The van der Waals surface area contributed by atoms with E-state index in [4.69, 9.17) is 9.52 Å². The molecule has 5 nitrogen and oxygen atoms in total. The second-order valence-electron chi connectivity index (χ2n) is 5.01. The lowest BCUT2D eigenvalue weighted by Gasteiger charge is -2.35. The van der Waals surface area contributed by atoms with E-state index in [9.17, 15) is 4.79 Å². The van der Waals surface area contributed by atoms with Gasteiger partial charge in [0, 0.05) is 24.2 Å². The lowest BCUT2D eigenvalue weighted by molar-refractivity contribution is 0.0660. The van der Waals surface area contributed by atoms with Crippen molar-refractivity contribution in [3.8, 4) is 0 Å². The lowest BCUT2D eigenvalue weighted by Crippen LogP contribution is -2.45. The first kappa shape index (κ1) is 13.1. The summed E-state index contributed by atoms with van der Waals surface area (Å²) in [4.78, 5) is 13.2. The van der Waals surface area contributed by atoms with Crippen LogP contribution in [0.15, 0.2) is 16.7 Å². The van der Waals surface area contributed by atoms with Gasteiger partial charge in [-0.1, -0.05) is 0 Å². The van der Waals surface area contributed by atoms with Crippen molar-refractivity contribution in [2.75, 3.05) is 13.6 Å². The summed E-state index contributed by atoms with van der Waals surface area (Å²) >= 11 is 0. The Hall–Kier alpha value is -1.33. The molecule has 1 aromatic heterocycles. The summed E-state index contributed by atoms with van der Waals surface area (Å²) in [6, 6.07) is 2.74. The van der Waals surface area contributed by atoms with E-state index >= 15 is 0 Å². The van der Waals surface area contributed by atoms with E-state index in [1.54, 1.807) is 6.07 Å². The molecule has 2 N–H and O–H groups in total. The average molecular weight is 252 g/mol. The summed E-state index contributed by atoms with van der Waals surface area (Å²) < 4.78 is 4.96. The van der Waals surface area contributed by atoms with Crippen LogP contribution in [0.3, 0.4) is 0 Å². The highest BCUT2D eigenvalue weighted by molar-refractivity contribution is 5.86. The normalized spacial score (nSPS) is 25.2. The van der Waals surface area contributed by atoms with Crippen molar-refractivity contribution in [3.05, 3.63) is 23.7 Å². The number of rotatable bonds is 4. The van der Waals surface area contributed by atoms with Gasteiger partial charge >= 0.3 is 5.97 Å². The fourth-order valence-corrected chi connectivity index (χ4v) is 2.39. The van der Waals surface area contributed by atoms with Crippen LogP contribution in [0, 0.1) is 0 Å². The number of nitrogens with zero attached hydrogens (tertiary/aromatic N) is 1. The second-order valence-corrected chi connectivity index (χ2v) is 5.01. The van der Waals surface area contributed by atoms with E-state index in [2.05, 4.69) is 24.2 Å². The number of piperidine rings is 1. The third-order valence-electron chi connectivity index (χ3n) is 3.73. The molecular weight excluding hydrogens is 232 g/mol. The highest BCUT2D eigenvalue weighted by atomic mass is 16.4. The molecule has 0 bridgehead atoms. The van der Waals surface area contributed by atoms with Gasteiger partial charge in [-0.3, -0.25) is 0 Å². The van der Waals surface area contributed by atoms with Crippen molar-refractivity contribution < 1.29 is 14.3 Å². The number of hydrogen-bond acceptors (Lipinski definition) is 4. The molecule has 5 heteroatoms. The summed E-state index contributed by atoms with van der Waals surface area (Å²) in [6.45, 7) is 3.85. The van der Waals surface area contributed by atoms with Crippen LogP contribution in [0.1, 0.15) is 35.9 Å². The van der Waals surface area contributed by atoms with Crippen molar-refractivity contribution in [2.45, 2.75) is 38.4 Å². The number of furan rings is 1. The van der Waals surface area contributed by atoms with E-state index in [1.807, 2.05) is 0 Å². The minimum atomic E-state index is -1.01. The van der Waals surface area contributed by atoms with E-state index in [-0.39, 0.29) is 5.76 Å². The van der Waals surface area contributed by atoms with Crippen molar-refractivity contribution in [2.24, 2.45) is 0 Å². The molecule has 0 spiro atoms. The van der Waals surface area contributed by atoms with Gasteiger partial charge in [0.1, 0.15) is 0 Å². The maximum atomic E-state index is 10.9. The number of carbonyl (C=O) groups is 1. The maximum Gasteiger partial charge on any atom is 0.372 e. The highest BCUT2D eigenvalue weighted by Crippen LogP contribution is 2.17. The number of hydrogen-bond donors (Lipinski definition) is 2. The van der Waals surface area contributed by atoms with Crippen LogP contribution >= 0.6 is 0 Å². The van der Waals surface area contributed by atoms with Gasteiger partial charge in [-0.25, -0.2) is 4.79 Å². The van der Waals surface area contributed by atoms with E-state index in [1.165, 1.54) is 6.26 Å². The Labute approximate surface area is 107 Å². The van der Waals surface area contributed by atoms with Crippen molar-refractivity contribution in [1.82, 2.24) is 10.2 Å². The molecule has 2 heterocycles. The Morgan fingerprint density at radius 2 is 2.44 bits per heavy atom. The molecule has 100 valence electrons. The number of carboxylic acids is 1. The number of nitrogens with one attached hydrogen (secondary N) is 1. The quantitative estimate of drug-likeness (QED) is 0.851. The van der Waals surface area contributed by atoms with Gasteiger partial charge < -0.3 is 19.7 Å². The molecule has 18 heavy (non-hydrogen) atoms. The van der Waals surface area contributed by atoms with Crippen LogP contribution in [0.25, 0.3) is 0 Å². The zero-order valence-electron chi connectivity index (χ0n) is 10.8. The van der Waals surface area contributed by atoms with Gasteiger partial charge in [0.05, 0.1) is 6.26 Å². The smallest absolute Gasteiger partial charge is 0.372 e. The van der Waals surface area contributed by atoms with Crippen molar-refractivity contribution in [3.63, 3.8) is 0 Å². The third-order valence-corrected chi connectivity index (χ3v) is 3.73. The monoisotopic (exact) mass is 252 g/mol. The van der Waals surface area contributed by atoms with Crippen LogP contribution in [-0.2, 0) is 6.54 Å². The molecule has 1 saturated heterocycles. The van der Waals surface area contributed by atoms with Crippen LogP contribution in [-0.4, -0.2) is 41.7 Å². The molecule has 2 rings (SSSR count). The zero-order chi connectivity index (χ0) is 13.1. The lowest BCUT2D eigenvalue weighted by atomic mass is 9.99. The Balaban J connectivity index is 1.88. The van der Waals surface area contributed by atoms with Crippen molar-refractivity contribution in [1.29, 1.82) is 0 Å².